The fraction of sp³-hybridized carbons (Fsp3) is 0.343. The molecule has 1 aliphatic rings. The summed E-state index contributed by atoms with van der Waals surface area (Å²) in [7, 11) is 0. The number of Topliss-reactive ketones (excluding diaryl/α,β-unsaturated/α-hetero) is 1. The molecule has 3 N–H and O–H groups in total. The van der Waals surface area contributed by atoms with Gasteiger partial charge in [-0.15, -0.1) is 0 Å². The number of hydrogen-bond donors (Lipinski definition) is 3. The van der Waals surface area contributed by atoms with Gasteiger partial charge < -0.3 is 25.4 Å². The number of halogens is 2. The molecule has 2 atom stereocenters. The lowest BCUT2D eigenvalue weighted by Crippen LogP contribution is -2.58. The van der Waals surface area contributed by atoms with Gasteiger partial charge in [-0.05, 0) is 41.0 Å². The molecule has 0 fully saturated rings. The molecule has 0 radical (unpaired) electrons. The molecule has 0 aliphatic heterocycles. The third-order valence-corrected chi connectivity index (χ3v) is 8.00. The number of benzene rings is 3. The topological polar surface area (TPSA) is 142 Å². The number of hydrogen-bond acceptors (Lipinski definition) is 6. The highest BCUT2D eigenvalue weighted by atomic mass is 19.3. The lowest BCUT2D eigenvalue weighted by Gasteiger charge is -2.34. The van der Waals surface area contributed by atoms with Gasteiger partial charge in [0.05, 0.1) is 12.6 Å². The minimum absolute atomic E-state index is 0.0342. The van der Waals surface area contributed by atoms with Crippen LogP contribution in [-0.2, 0) is 49.8 Å². The number of carbonyl (C=O) groups excluding carboxylic acids is 4. The summed E-state index contributed by atoms with van der Waals surface area (Å²) in [6, 6.07) is 20.9. The normalized spacial score (nSPS) is 14.1. The van der Waals surface area contributed by atoms with Crippen LogP contribution in [0.25, 0.3) is 0 Å². The van der Waals surface area contributed by atoms with Gasteiger partial charge in [0, 0.05) is 12.5 Å². The Kier molecular flexibility index (Phi) is 11.4. The number of alkyl carbamates (subject to hydrolysis) is 1. The fourth-order valence-corrected chi connectivity index (χ4v) is 5.50. The van der Waals surface area contributed by atoms with Gasteiger partial charge in [-0.3, -0.25) is 14.4 Å². The second-order valence-corrected chi connectivity index (χ2v) is 11.8. The van der Waals surface area contributed by atoms with E-state index in [1.807, 2.05) is 30.3 Å². The predicted molar refractivity (Wildman–Crippen MR) is 167 cm³/mol. The first-order valence-electron chi connectivity index (χ1n) is 15.2. The Labute approximate surface area is 271 Å². The maximum absolute atomic E-state index is 14.4. The first-order chi connectivity index (χ1) is 22.4. The minimum atomic E-state index is -4.76. The fourth-order valence-electron chi connectivity index (χ4n) is 5.50. The first-order valence-corrected chi connectivity index (χ1v) is 15.2. The van der Waals surface area contributed by atoms with Crippen molar-refractivity contribution in [3.8, 4) is 0 Å². The van der Waals surface area contributed by atoms with E-state index in [4.69, 9.17) is 9.84 Å². The number of aliphatic carboxylic acids is 1. The predicted octanol–water partition coefficient (Wildman–Crippen LogP) is 3.95. The van der Waals surface area contributed by atoms with Crippen LogP contribution in [0.5, 0.6) is 0 Å². The van der Waals surface area contributed by atoms with Gasteiger partial charge in [0.1, 0.15) is 12.6 Å². The number of nitrogens with one attached hydrogen (secondary N) is 2. The molecule has 0 saturated carbocycles. The molecular formula is C35H37F2N3O7. The smallest absolute Gasteiger partial charge is 0.408 e. The van der Waals surface area contributed by atoms with Crippen molar-refractivity contribution in [3.63, 3.8) is 0 Å². The average molecular weight is 650 g/mol. The van der Waals surface area contributed by atoms with Crippen LogP contribution < -0.4 is 10.6 Å². The summed E-state index contributed by atoms with van der Waals surface area (Å²) in [4.78, 5) is 65.7. The van der Waals surface area contributed by atoms with Crippen LogP contribution in [0.4, 0.5) is 13.6 Å². The second-order valence-electron chi connectivity index (χ2n) is 11.8. The first kappa shape index (κ1) is 34.7. The third-order valence-electron chi connectivity index (χ3n) is 8.00. The number of ketones is 1. The number of nitrogens with zero attached hydrogens (tertiary/aromatic N) is 1. The highest BCUT2D eigenvalue weighted by Crippen LogP contribution is 2.27. The molecule has 0 bridgehead atoms. The third kappa shape index (κ3) is 8.99. The number of ether oxygens (including phenoxy) is 1. The molecule has 248 valence electrons. The van der Waals surface area contributed by atoms with Gasteiger partial charge in [0.2, 0.25) is 17.6 Å². The highest BCUT2D eigenvalue weighted by Gasteiger charge is 2.51. The SMILES string of the molecule is CC(C)[C@H](NC(=O)OCc1ccccc1)C(=O)N(CC(=O)N[C@@H](Cc1ccccc1)C(=O)C(F)(F)C(=O)O)C1Cc2ccccc2C1. The molecule has 0 spiro atoms. The Morgan fingerprint density at radius 1 is 0.851 bits per heavy atom. The Bertz CT molecular complexity index is 1560. The molecule has 10 nitrogen and oxygen atoms in total. The van der Waals surface area contributed by atoms with E-state index in [2.05, 4.69) is 10.6 Å². The van der Waals surface area contributed by atoms with Gasteiger partial charge in [0.15, 0.2) is 0 Å². The lowest BCUT2D eigenvalue weighted by atomic mass is 9.98. The van der Waals surface area contributed by atoms with Gasteiger partial charge in [0.25, 0.3) is 0 Å². The zero-order valence-electron chi connectivity index (χ0n) is 26.0. The van der Waals surface area contributed by atoms with Crippen molar-refractivity contribution in [1.29, 1.82) is 0 Å². The molecule has 1 aliphatic carbocycles. The summed E-state index contributed by atoms with van der Waals surface area (Å²) in [5, 5.41) is 13.9. The standard InChI is InChI=1S/C35H37F2N3O7/c1-22(2)30(39-34(46)47-21-24-13-7-4-8-14-24)32(43)40(27-18-25-15-9-10-16-26(25)19-27)20-29(41)38-28(17-23-11-5-3-6-12-23)31(42)35(36,37)33(44)45/h3-16,22,27-28,30H,17-21H2,1-2H3,(H,38,41)(H,39,46)(H,44,45)/t28-,30-/m0/s1. The summed E-state index contributed by atoms with van der Waals surface area (Å²) in [5.74, 6) is -11.4. The van der Waals surface area contributed by atoms with Crippen molar-refractivity contribution in [2.75, 3.05) is 6.54 Å². The summed E-state index contributed by atoms with van der Waals surface area (Å²) < 4.78 is 34.1. The van der Waals surface area contributed by atoms with E-state index >= 15 is 0 Å². The Hall–Kier alpha value is -5.13. The summed E-state index contributed by atoms with van der Waals surface area (Å²) in [6.45, 7) is 2.75. The maximum atomic E-state index is 14.4. The van der Waals surface area contributed by atoms with Crippen molar-refractivity contribution in [2.45, 2.75) is 63.8 Å². The van der Waals surface area contributed by atoms with Gasteiger partial charge >= 0.3 is 18.0 Å². The zero-order chi connectivity index (χ0) is 34.1. The summed E-state index contributed by atoms with van der Waals surface area (Å²) in [5.41, 5.74) is 3.07. The van der Waals surface area contributed by atoms with Gasteiger partial charge in [-0.1, -0.05) is 98.8 Å². The van der Waals surface area contributed by atoms with Crippen molar-refractivity contribution < 1.29 is 42.6 Å². The van der Waals surface area contributed by atoms with E-state index < -0.39 is 72.6 Å². The number of fused-ring (bicyclic) bond motifs is 1. The molecule has 12 heteroatoms. The number of amides is 3. The Balaban J connectivity index is 1.56. The van der Waals surface area contributed by atoms with Crippen molar-refractivity contribution in [1.82, 2.24) is 15.5 Å². The lowest BCUT2D eigenvalue weighted by molar-refractivity contribution is -0.172. The van der Waals surface area contributed by atoms with E-state index in [-0.39, 0.29) is 6.61 Å². The average Bonchev–Trinajstić information content (AvgIpc) is 3.49. The van der Waals surface area contributed by atoms with Crippen LogP contribution in [0.2, 0.25) is 0 Å². The highest BCUT2D eigenvalue weighted by molar-refractivity contribution is 6.08. The largest absolute Gasteiger partial charge is 0.476 e. The van der Waals surface area contributed by atoms with Crippen LogP contribution in [0.3, 0.4) is 0 Å². The van der Waals surface area contributed by atoms with Crippen LogP contribution in [0.1, 0.15) is 36.1 Å². The Morgan fingerprint density at radius 2 is 1.38 bits per heavy atom. The molecule has 3 aromatic carbocycles. The van der Waals surface area contributed by atoms with Crippen molar-refractivity contribution >= 4 is 29.7 Å². The van der Waals surface area contributed by atoms with E-state index in [0.29, 0.717) is 18.4 Å². The maximum Gasteiger partial charge on any atom is 0.408 e. The number of carboxylic acid groups (broad SMARTS) is 1. The second kappa shape index (κ2) is 15.4. The molecule has 3 aromatic rings. The molecule has 4 rings (SSSR count). The molecule has 3 amide bonds. The van der Waals surface area contributed by atoms with Crippen LogP contribution in [0.15, 0.2) is 84.9 Å². The van der Waals surface area contributed by atoms with Gasteiger partial charge in [-0.25, -0.2) is 9.59 Å². The summed E-state index contributed by atoms with van der Waals surface area (Å²) in [6.07, 6.45) is -0.464. The molecule has 0 unspecified atom stereocenters. The minimum Gasteiger partial charge on any atom is -0.476 e. The number of rotatable bonds is 14. The van der Waals surface area contributed by atoms with Crippen molar-refractivity contribution in [2.24, 2.45) is 5.92 Å². The molecule has 0 saturated heterocycles. The van der Waals surface area contributed by atoms with Crippen LogP contribution in [-0.4, -0.2) is 70.3 Å². The molecule has 47 heavy (non-hydrogen) atoms. The number of carboxylic acids is 1. The molecular weight excluding hydrogens is 612 g/mol. The van der Waals surface area contributed by atoms with Gasteiger partial charge in [-0.2, -0.15) is 8.78 Å². The van der Waals surface area contributed by atoms with E-state index in [1.54, 1.807) is 68.4 Å². The monoisotopic (exact) mass is 649 g/mol. The van der Waals surface area contributed by atoms with Crippen LogP contribution >= 0.6 is 0 Å². The van der Waals surface area contributed by atoms with E-state index in [9.17, 15) is 32.8 Å². The van der Waals surface area contributed by atoms with E-state index in [0.717, 1.165) is 16.7 Å². The van der Waals surface area contributed by atoms with Crippen LogP contribution in [0, 0.1) is 5.92 Å². The quantitative estimate of drug-likeness (QED) is 0.225. The van der Waals surface area contributed by atoms with Crippen molar-refractivity contribution in [3.05, 3.63) is 107 Å². The number of carbonyl (C=O) groups is 5. The molecule has 0 heterocycles. The summed E-state index contributed by atoms with van der Waals surface area (Å²) >= 11 is 0. The Morgan fingerprint density at radius 3 is 1.91 bits per heavy atom. The number of alkyl halides is 2. The molecule has 0 aromatic heterocycles. The zero-order valence-corrected chi connectivity index (χ0v) is 26.0. The van der Waals surface area contributed by atoms with E-state index in [1.165, 1.54) is 4.90 Å².